The molecule has 2 aliphatic heterocycles. The summed E-state index contributed by atoms with van der Waals surface area (Å²) < 4.78 is 11.5. The maximum absolute atomic E-state index is 5.89. The maximum Gasteiger partial charge on any atom is 0.119 e. The van der Waals surface area contributed by atoms with E-state index in [1.807, 2.05) is 30.3 Å². The van der Waals surface area contributed by atoms with E-state index < -0.39 is 0 Å². The van der Waals surface area contributed by atoms with Gasteiger partial charge < -0.3 is 14.4 Å². The Morgan fingerprint density at radius 2 is 1.86 bits per heavy atom. The number of hydrogen-bond donors (Lipinski definition) is 0. The highest BCUT2D eigenvalue weighted by molar-refractivity contribution is 5.20. The lowest BCUT2D eigenvalue weighted by Gasteiger charge is -2.35. The molecule has 3 nitrogen and oxygen atoms in total. The van der Waals surface area contributed by atoms with Crippen molar-refractivity contribution >= 4 is 0 Å². The van der Waals surface area contributed by atoms with Crippen LogP contribution in [0.25, 0.3) is 0 Å². The van der Waals surface area contributed by atoms with Crippen LogP contribution in [0.1, 0.15) is 25.7 Å². The molecule has 1 aromatic rings. The summed E-state index contributed by atoms with van der Waals surface area (Å²) >= 11 is 0. The molecule has 21 heavy (non-hydrogen) atoms. The number of piperidine rings is 1. The lowest BCUT2D eigenvalue weighted by Crippen LogP contribution is -2.40. The number of benzene rings is 1. The Bertz CT molecular complexity index is 395. The third-order valence-electron chi connectivity index (χ3n) is 4.71. The molecule has 0 aromatic heterocycles. The highest BCUT2D eigenvalue weighted by atomic mass is 16.5. The number of hydrogen-bond acceptors (Lipinski definition) is 3. The van der Waals surface area contributed by atoms with Gasteiger partial charge in [0, 0.05) is 13.2 Å². The Morgan fingerprint density at radius 3 is 2.57 bits per heavy atom. The Kier molecular flexibility index (Phi) is 5.53. The van der Waals surface area contributed by atoms with E-state index in [-0.39, 0.29) is 0 Å². The average Bonchev–Trinajstić information content (AvgIpc) is 2.56. The van der Waals surface area contributed by atoms with E-state index in [2.05, 4.69) is 4.90 Å². The summed E-state index contributed by atoms with van der Waals surface area (Å²) in [6.45, 7) is 6.47. The van der Waals surface area contributed by atoms with Crippen LogP contribution in [0, 0.1) is 11.8 Å². The van der Waals surface area contributed by atoms with Crippen molar-refractivity contribution in [1.82, 2.24) is 4.90 Å². The topological polar surface area (TPSA) is 21.7 Å². The van der Waals surface area contributed by atoms with Crippen molar-refractivity contribution in [1.29, 1.82) is 0 Å². The molecule has 116 valence electrons. The van der Waals surface area contributed by atoms with Gasteiger partial charge in [-0.25, -0.2) is 0 Å². The molecule has 2 aliphatic rings. The third-order valence-corrected chi connectivity index (χ3v) is 4.71. The van der Waals surface area contributed by atoms with Crippen LogP contribution in [0.15, 0.2) is 30.3 Å². The predicted octanol–water partition coefficient (Wildman–Crippen LogP) is 3.20. The zero-order chi connectivity index (χ0) is 14.3. The second-order valence-corrected chi connectivity index (χ2v) is 6.45. The molecule has 0 amide bonds. The average molecular weight is 289 g/mol. The van der Waals surface area contributed by atoms with E-state index in [1.165, 1.54) is 45.3 Å². The summed E-state index contributed by atoms with van der Waals surface area (Å²) in [6.07, 6.45) is 5.11. The van der Waals surface area contributed by atoms with Crippen LogP contribution in [0.3, 0.4) is 0 Å². The van der Waals surface area contributed by atoms with Gasteiger partial charge in [0.25, 0.3) is 0 Å². The first-order valence-corrected chi connectivity index (χ1v) is 8.38. The molecule has 0 bridgehead atoms. The van der Waals surface area contributed by atoms with Gasteiger partial charge in [0.15, 0.2) is 0 Å². The van der Waals surface area contributed by atoms with Crippen LogP contribution in [0.2, 0.25) is 0 Å². The van der Waals surface area contributed by atoms with Gasteiger partial charge in [0.1, 0.15) is 5.75 Å². The van der Waals surface area contributed by atoms with E-state index in [9.17, 15) is 0 Å². The molecular formula is C18H27NO2. The van der Waals surface area contributed by atoms with Gasteiger partial charge in [0.2, 0.25) is 0 Å². The van der Waals surface area contributed by atoms with E-state index in [0.717, 1.165) is 31.5 Å². The number of likely N-dealkylation sites (tertiary alicyclic amines) is 1. The van der Waals surface area contributed by atoms with Gasteiger partial charge in [-0.1, -0.05) is 18.2 Å². The van der Waals surface area contributed by atoms with Crippen molar-refractivity contribution in [2.24, 2.45) is 11.8 Å². The number of ether oxygens (including phenoxy) is 2. The maximum atomic E-state index is 5.89. The quantitative estimate of drug-likeness (QED) is 0.831. The van der Waals surface area contributed by atoms with Crippen LogP contribution in [0.5, 0.6) is 5.75 Å². The fraction of sp³-hybridized carbons (Fsp3) is 0.667. The second-order valence-electron chi connectivity index (χ2n) is 6.45. The highest BCUT2D eigenvalue weighted by Gasteiger charge is 2.23. The predicted molar refractivity (Wildman–Crippen MR) is 84.6 cm³/mol. The molecule has 3 rings (SSSR count). The molecule has 2 saturated heterocycles. The lowest BCUT2D eigenvalue weighted by atomic mass is 9.95. The largest absolute Gasteiger partial charge is 0.493 e. The zero-order valence-corrected chi connectivity index (χ0v) is 12.9. The molecule has 3 heteroatoms. The first-order chi connectivity index (χ1) is 10.4. The molecule has 1 unspecified atom stereocenters. The lowest BCUT2D eigenvalue weighted by molar-refractivity contribution is 0.0307. The summed E-state index contributed by atoms with van der Waals surface area (Å²) in [5.74, 6) is 2.47. The fourth-order valence-corrected chi connectivity index (χ4v) is 3.38. The smallest absolute Gasteiger partial charge is 0.119 e. The first kappa shape index (κ1) is 14.9. The molecule has 0 aliphatic carbocycles. The second kappa shape index (κ2) is 7.81. The van der Waals surface area contributed by atoms with Gasteiger partial charge in [-0.05, 0) is 62.7 Å². The monoisotopic (exact) mass is 289 g/mol. The fourth-order valence-electron chi connectivity index (χ4n) is 3.38. The Hall–Kier alpha value is -1.06. The standard InChI is InChI=1S/C18H27NO2/c1-2-6-18(7-3-1)21-15-16-8-10-19(11-9-16)13-17-5-4-12-20-14-17/h1-3,6-7,16-17H,4-5,8-15H2. The summed E-state index contributed by atoms with van der Waals surface area (Å²) in [5.41, 5.74) is 0. The summed E-state index contributed by atoms with van der Waals surface area (Å²) in [5, 5.41) is 0. The zero-order valence-electron chi connectivity index (χ0n) is 12.9. The number of para-hydroxylation sites is 1. The minimum atomic E-state index is 0.712. The van der Waals surface area contributed by atoms with Gasteiger partial charge in [0.05, 0.1) is 13.2 Å². The molecule has 0 radical (unpaired) electrons. The SMILES string of the molecule is c1ccc(OCC2CCN(CC3CCCOC3)CC2)cc1. The van der Waals surface area contributed by atoms with E-state index in [4.69, 9.17) is 9.47 Å². The Balaban J connectivity index is 1.35. The third kappa shape index (κ3) is 4.72. The van der Waals surface area contributed by atoms with Crippen molar-refractivity contribution in [3.8, 4) is 5.75 Å². The molecule has 2 heterocycles. The molecule has 0 spiro atoms. The van der Waals surface area contributed by atoms with Crippen LogP contribution in [-0.2, 0) is 4.74 Å². The number of nitrogens with zero attached hydrogens (tertiary/aromatic N) is 1. The van der Waals surface area contributed by atoms with Crippen molar-refractivity contribution in [2.75, 3.05) is 39.5 Å². The summed E-state index contributed by atoms with van der Waals surface area (Å²) in [7, 11) is 0. The molecule has 0 N–H and O–H groups in total. The summed E-state index contributed by atoms with van der Waals surface area (Å²) in [6, 6.07) is 10.2. The van der Waals surface area contributed by atoms with Crippen LogP contribution >= 0.6 is 0 Å². The molecule has 1 aromatic carbocycles. The van der Waals surface area contributed by atoms with Crippen LogP contribution in [-0.4, -0.2) is 44.4 Å². The van der Waals surface area contributed by atoms with Gasteiger partial charge in [-0.2, -0.15) is 0 Å². The van der Waals surface area contributed by atoms with Gasteiger partial charge in [-0.3, -0.25) is 0 Å². The molecule has 2 fully saturated rings. The van der Waals surface area contributed by atoms with Crippen molar-refractivity contribution in [3.05, 3.63) is 30.3 Å². The van der Waals surface area contributed by atoms with Gasteiger partial charge in [-0.15, -0.1) is 0 Å². The first-order valence-electron chi connectivity index (χ1n) is 8.38. The minimum absolute atomic E-state index is 0.712. The summed E-state index contributed by atoms with van der Waals surface area (Å²) in [4.78, 5) is 2.62. The van der Waals surface area contributed by atoms with Crippen molar-refractivity contribution < 1.29 is 9.47 Å². The van der Waals surface area contributed by atoms with Crippen LogP contribution in [0.4, 0.5) is 0 Å². The highest BCUT2D eigenvalue weighted by Crippen LogP contribution is 2.22. The van der Waals surface area contributed by atoms with Crippen molar-refractivity contribution in [3.63, 3.8) is 0 Å². The van der Waals surface area contributed by atoms with Crippen LogP contribution < -0.4 is 4.74 Å². The van der Waals surface area contributed by atoms with E-state index in [0.29, 0.717) is 5.92 Å². The molecule has 1 atom stereocenters. The minimum Gasteiger partial charge on any atom is -0.493 e. The van der Waals surface area contributed by atoms with E-state index >= 15 is 0 Å². The molecular weight excluding hydrogens is 262 g/mol. The Morgan fingerprint density at radius 1 is 1.05 bits per heavy atom. The normalized spacial score (nSPS) is 24.9. The van der Waals surface area contributed by atoms with E-state index in [1.54, 1.807) is 0 Å². The Labute approximate surface area is 128 Å². The van der Waals surface area contributed by atoms with Crippen molar-refractivity contribution in [2.45, 2.75) is 25.7 Å². The van der Waals surface area contributed by atoms with Gasteiger partial charge >= 0.3 is 0 Å². The molecule has 0 saturated carbocycles. The number of rotatable bonds is 5.